The minimum atomic E-state index is 0.659. The maximum Gasteiger partial charge on any atom is -0.0305 e. The van der Waals surface area contributed by atoms with E-state index >= 15 is 0 Å². The van der Waals surface area contributed by atoms with Gasteiger partial charge in [-0.3, -0.25) is 0 Å². The van der Waals surface area contributed by atoms with Crippen LogP contribution < -0.4 is 0 Å². The molecule has 0 radical (unpaired) electrons. The van der Waals surface area contributed by atoms with Crippen LogP contribution in [0.2, 0.25) is 0 Å². The zero-order chi connectivity index (χ0) is 24.7. The van der Waals surface area contributed by atoms with Crippen molar-refractivity contribution in [2.24, 2.45) is 10.8 Å². The first-order valence-corrected chi connectivity index (χ1v) is 17.2. The van der Waals surface area contributed by atoms with Gasteiger partial charge in [-0.15, -0.1) is 8.58 Å². The summed E-state index contributed by atoms with van der Waals surface area (Å²) < 4.78 is 0. The van der Waals surface area contributed by atoms with Crippen LogP contribution >= 0.6 is 8.58 Å². The molecule has 0 bridgehead atoms. The first-order valence-electron chi connectivity index (χ1n) is 15.8. The summed E-state index contributed by atoms with van der Waals surface area (Å²) in [5.74, 6) is 0. The summed E-state index contributed by atoms with van der Waals surface area (Å²) >= 11 is 0. The molecule has 0 saturated heterocycles. The Labute approximate surface area is 214 Å². The first-order chi connectivity index (χ1) is 16.1. The second kappa shape index (κ2) is 22.9. The third-order valence-corrected chi connectivity index (χ3v) is 11.0. The SMILES string of the molecule is CCC(CC)(CC)CCCCCCCCCPCCCCCCCCCC(CC)(CC)CC. The van der Waals surface area contributed by atoms with Crippen molar-refractivity contribution < 1.29 is 0 Å². The highest BCUT2D eigenvalue weighted by Crippen LogP contribution is 2.37. The van der Waals surface area contributed by atoms with E-state index in [4.69, 9.17) is 0 Å². The molecule has 0 N–H and O–H groups in total. The van der Waals surface area contributed by atoms with Gasteiger partial charge in [-0.25, -0.2) is 0 Å². The number of hydrogen-bond donors (Lipinski definition) is 0. The molecule has 0 aliphatic rings. The lowest BCUT2D eigenvalue weighted by Gasteiger charge is -2.30. The molecule has 33 heavy (non-hydrogen) atoms. The van der Waals surface area contributed by atoms with Gasteiger partial charge in [0.2, 0.25) is 0 Å². The Hall–Kier alpha value is 0.430. The Bertz CT molecular complexity index is 327. The van der Waals surface area contributed by atoms with E-state index in [9.17, 15) is 0 Å². The summed E-state index contributed by atoms with van der Waals surface area (Å²) in [5, 5.41) is 0. The van der Waals surface area contributed by atoms with Crippen molar-refractivity contribution in [1.29, 1.82) is 0 Å². The van der Waals surface area contributed by atoms with Crippen molar-refractivity contribution in [2.75, 3.05) is 12.3 Å². The van der Waals surface area contributed by atoms with Crippen LogP contribution in [0.4, 0.5) is 0 Å². The molecule has 0 heterocycles. The van der Waals surface area contributed by atoms with Gasteiger partial charge in [-0.05, 0) is 48.8 Å². The molecule has 0 aliphatic heterocycles. The van der Waals surface area contributed by atoms with Crippen molar-refractivity contribution in [3.63, 3.8) is 0 Å². The van der Waals surface area contributed by atoms with E-state index in [0.29, 0.717) is 10.8 Å². The van der Waals surface area contributed by atoms with Crippen molar-refractivity contribution in [3.8, 4) is 0 Å². The van der Waals surface area contributed by atoms with Crippen molar-refractivity contribution >= 4 is 8.58 Å². The van der Waals surface area contributed by atoms with Crippen molar-refractivity contribution in [1.82, 2.24) is 0 Å². The molecule has 1 heteroatoms. The minimum absolute atomic E-state index is 0.659. The molecule has 0 amide bonds. The Balaban J connectivity index is 3.32. The predicted molar refractivity (Wildman–Crippen MR) is 159 cm³/mol. The molecule has 0 aromatic heterocycles. The average Bonchev–Trinajstić information content (AvgIpc) is 2.86. The fraction of sp³-hybridized carbons (Fsp3) is 1.00. The van der Waals surface area contributed by atoms with Gasteiger partial charge in [0.1, 0.15) is 0 Å². The van der Waals surface area contributed by atoms with Gasteiger partial charge in [-0.2, -0.15) is 0 Å². The average molecular weight is 483 g/mol. The summed E-state index contributed by atoms with van der Waals surface area (Å²) in [6, 6.07) is 0. The van der Waals surface area contributed by atoms with E-state index in [1.807, 2.05) is 0 Å². The van der Waals surface area contributed by atoms with Crippen LogP contribution in [0.3, 0.4) is 0 Å². The summed E-state index contributed by atoms with van der Waals surface area (Å²) in [4.78, 5) is 0. The van der Waals surface area contributed by atoms with Crippen LogP contribution in [0.5, 0.6) is 0 Å². The summed E-state index contributed by atoms with van der Waals surface area (Å²) in [7, 11) is 1.24. The van der Waals surface area contributed by atoms with Gasteiger partial charge < -0.3 is 0 Å². The van der Waals surface area contributed by atoms with E-state index in [0.717, 1.165) is 0 Å². The summed E-state index contributed by atoms with van der Waals surface area (Å²) in [6.07, 6.45) is 35.0. The summed E-state index contributed by atoms with van der Waals surface area (Å²) in [5.41, 5.74) is 1.32. The molecular weight excluding hydrogens is 415 g/mol. The third kappa shape index (κ3) is 16.7. The maximum atomic E-state index is 2.40. The normalized spacial score (nSPS) is 12.5. The quantitative estimate of drug-likeness (QED) is 0.0849. The smallest absolute Gasteiger partial charge is 0.0305 e. The highest BCUT2D eigenvalue weighted by molar-refractivity contribution is 7.37. The highest BCUT2D eigenvalue weighted by Gasteiger charge is 2.23. The third-order valence-electron chi connectivity index (χ3n) is 9.62. The monoisotopic (exact) mass is 482 g/mol. The molecule has 200 valence electrons. The first kappa shape index (κ1) is 33.4. The highest BCUT2D eigenvalue weighted by atomic mass is 31.1. The topological polar surface area (TPSA) is 0 Å². The lowest BCUT2D eigenvalue weighted by atomic mass is 9.75. The van der Waals surface area contributed by atoms with E-state index in [-0.39, 0.29) is 0 Å². The molecule has 0 saturated carbocycles. The van der Waals surface area contributed by atoms with Crippen LogP contribution in [-0.2, 0) is 0 Å². The fourth-order valence-corrected chi connectivity index (χ4v) is 7.20. The Morgan fingerprint density at radius 1 is 0.333 bits per heavy atom. The Kier molecular flexibility index (Phi) is 23.2. The molecule has 0 aromatic rings. The largest absolute Gasteiger partial charge is 0.122 e. The lowest BCUT2D eigenvalue weighted by Crippen LogP contribution is -2.17. The van der Waals surface area contributed by atoms with Crippen LogP contribution in [0.15, 0.2) is 0 Å². The second-order valence-corrected chi connectivity index (χ2v) is 12.8. The number of unbranched alkanes of at least 4 members (excludes halogenated alkanes) is 12. The fourth-order valence-electron chi connectivity index (χ4n) is 5.95. The standard InChI is InChI=1S/C32H67P/c1-7-31(8-2,9-3)27-23-19-15-13-17-21-25-29-33-30-26-22-18-14-16-20-24-28-32(10-4,11-5)12-6/h33H,7-30H2,1-6H3. The molecule has 0 rings (SSSR count). The predicted octanol–water partition coefficient (Wildman–Crippen LogP) is 12.3. The zero-order valence-electron chi connectivity index (χ0n) is 24.5. The maximum absolute atomic E-state index is 2.40. The van der Waals surface area contributed by atoms with Crippen molar-refractivity contribution in [2.45, 2.75) is 183 Å². The van der Waals surface area contributed by atoms with Gasteiger partial charge in [0.25, 0.3) is 0 Å². The van der Waals surface area contributed by atoms with E-state index in [2.05, 4.69) is 41.5 Å². The molecule has 0 aliphatic carbocycles. The molecule has 0 nitrogen and oxygen atoms in total. The van der Waals surface area contributed by atoms with E-state index in [1.54, 1.807) is 0 Å². The Morgan fingerprint density at radius 2 is 0.576 bits per heavy atom. The molecule has 0 fully saturated rings. The number of rotatable bonds is 26. The summed E-state index contributed by atoms with van der Waals surface area (Å²) in [6.45, 7) is 14.4. The Morgan fingerprint density at radius 3 is 0.848 bits per heavy atom. The van der Waals surface area contributed by atoms with Gasteiger partial charge in [-0.1, -0.05) is 157 Å². The van der Waals surface area contributed by atoms with Gasteiger partial charge in [0.05, 0.1) is 0 Å². The van der Waals surface area contributed by atoms with E-state index < -0.39 is 0 Å². The van der Waals surface area contributed by atoms with Crippen LogP contribution in [0.1, 0.15) is 183 Å². The van der Waals surface area contributed by atoms with Gasteiger partial charge in [0.15, 0.2) is 0 Å². The van der Waals surface area contributed by atoms with Crippen LogP contribution in [-0.4, -0.2) is 12.3 Å². The van der Waals surface area contributed by atoms with Gasteiger partial charge >= 0.3 is 0 Å². The molecule has 0 atom stereocenters. The molecule has 0 aromatic carbocycles. The molecule has 0 unspecified atom stereocenters. The van der Waals surface area contributed by atoms with Crippen molar-refractivity contribution in [3.05, 3.63) is 0 Å². The van der Waals surface area contributed by atoms with Crippen LogP contribution in [0, 0.1) is 10.8 Å². The second-order valence-electron chi connectivity index (χ2n) is 11.3. The van der Waals surface area contributed by atoms with E-state index in [1.165, 1.54) is 162 Å². The zero-order valence-corrected chi connectivity index (χ0v) is 25.5. The minimum Gasteiger partial charge on any atom is -0.122 e. The van der Waals surface area contributed by atoms with Crippen LogP contribution in [0.25, 0.3) is 0 Å². The van der Waals surface area contributed by atoms with Gasteiger partial charge in [0, 0.05) is 0 Å². The molecule has 0 spiro atoms. The molecular formula is C32H67P. The lowest BCUT2D eigenvalue weighted by molar-refractivity contribution is 0.220. The number of hydrogen-bond acceptors (Lipinski definition) is 0.